The molecule has 1 N–H and O–H groups in total. The van der Waals surface area contributed by atoms with E-state index in [2.05, 4.69) is 49.3 Å². The van der Waals surface area contributed by atoms with E-state index in [9.17, 15) is 0 Å². The normalized spacial score (nSPS) is 14.5. The maximum absolute atomic E-state index is 6.51. The number of benzene rings is 1. The molecule has 0 bridgehead atoms. The van der Waals surface area contributed by atoms with Gasteiger partial charge < -0.3 is 0 Å². The van der Waals surface area contributed by atoms with Crippen molar-refractivity contribution >= 4 is 86.8 Å². The molecule has 0 amide bonds. The van der Waals surface area contributed by atoms with Crippen molar-refractivity contribution in [2.45, 2.75) is 32.2 Å². The van der Waals surface area contributed by atoms with Gasteiger partial charge in [-0.25, -0.2) is 0 Å². The summed E-state index contributed by atoms with van der Waals surface area (Å²) in [6.07, 6.45) is 4.90. The van der Waals surface area contributed by atoms with Gasteiger partial charge in [-0.2, -0.15) is 0 Å². The number of nitrogens with one attached hydrogen (secondary N) is 1. The van der Waals surface area contributed by atoms with Crippen LogP contribution in [0.4, 0.5) is 0 Å². The van der Waals surface area contributed by atoms with Crippen LogP contribution in [-0.2, 0) is 6.54 Å². The summed E-state index contributed by atoms with van der Waals surface area (Å²) in [6.45, 7) is 0.579. The molecule has 1 aliphatic carbocycles. The second-order valence-corrected chi connectivity index (χ2v) is 13.3. The molecule has 3 aromatic rings. The number of hydrogen-bond donors (Lipinski definition) is 1. The summed E-state index contributed by atoms with van der Waals surface area (Å²) in [5.74, 6) is 0.497. The Morgan fingerprint density at radius 3 is 2.62 bits per heavy atom. The Bertz CT molecular complexity index is 1060. The van der Waals surface area contributed by atoms with Crippen LogP contribution in [-0.4, -0.2) is 29.3 Å². The van der Waals surface area contributed by atoms with E-state index in [0.717, 1.165) is 26.5 Å². The number of nitrogens with zero attached hydrogens (tertiary/aromatic N) is 2. The second-order valence-electron chi connectivity index (χ2n) is 6.92. The summed E-state index contributed by atoms with van der Waals surface area (Å²) < 4.78 is 5.29. The van der Waals surface area contributed by atoms with E-state index in [1.807, 2.05) is 16.8 Å². The molecule has 2 aromatic heterocycles. The minimum absolute atomic E-state index is 0.184. The average molecular weight is 641 g/mol. The Hall–Kier alpha value is -0.141. The number of aromatic nitrogens is 2. The minimum atomic E-state index is 0.184. The molecule has 0 aliphatic heterocycles. The molecule has 9 heteroatoms. The molecule has 1 saturated carbocycles. The van der Waals surface area contributed by atoms with Gasteiger partial charge in [0, 0.05) is 0 Å². The summed E-state index contributed by atoms with van der Waals surface area (Å²) >= 11 is 25.8. The molecule has 1 aliphatic rings. The van der Waals surface area contributed by atoms with Gasteiger partial charge in [0.25, 0.3) is 0 Å². The third-order valence-electron chi connectivity index (χ3n) is 4.99. The van der Waals surface area contributed by atoms with Gasteiger partial charge in [-0.15, -0.1) is 0 Å². The topological polar surface area (TPSA) is 29.9 Å². The Morgan fingerprint density at radius 1 is 1.21 bits per heavy atom. The number of halogens is 4. The van der Waals surface area contributed by atoms with Crippen LogP contribution in [0.3, 0.4) is 0 Å². The fourth-order valence-electron chi connectivity index (χ4n) is 3.54. The van der Waals surface area contributed by atoms with Crippen LogP contribution in [0.1, 0.15) is 31.4 Å². The van der Waals surface area contributed by atoms with Crippen molar-refractivity contribution in [3.8, 4) is 15.8 Å². The first kappa shape index (κ1) is 22.1. The molecule has 0 saturated heterocycles. The van der Waals surface area contributed by atoms with E-state index in [1.165, 1.54) is 33.5 Å². The summed E-state index contributed by atoms with van der Waals surface area (Å²) in [6, 6.07) is 9.70. The molecular formula is C20H17Br2Cl2N3SSe. The van der Waals surface area contributed by atoms with E-state index in [1.54, 1.807) is 6.07 Å². The quantitative estimate of drug-likeness (QED) is 0.240. The van der Waals surface area contributed by atoms with Crippen LogP contribution in [0.25, 0.3) is 15.8 Å². The first-order valence-corrected chi connectivity index (χ1v) is 13.7. The molecule has 1 aromatic carbocycles. The molecule has 0 radical (unpaired) electrons. The van der Waals surface area contributed by atoms with E-state index in [-0.39, 0.29) is 14.5 Å². The Kier molecular flexibility index (Phi) is 7.27. The van der Waals surface area contributed by atoms with Gasteiger partial charge in [0.1, 0.15) is 0 Å². The van der Waals surface area contributed by atoms with Gasteiger partial charge in [0.05, 0.1) is 0 Å². The summed E-state index contributed by atoms with van der Waals surface area (Å²) in [5.41, 5.74) is 2.73. The predicted molar refractivity (Wildman–Crippen MR) is 133 cm³/mol. The van der Waals surface area contributed by atoms with Crippen LogP contribution in [0.15, 0.2) is 38.2 Å². The molecule has 29 heavy (non-hydrogen) atoms. The number of rotatable bonds is 5. The zero-order valence-corrected chi connectivity index (χ0v) is 22.4. The molecule has 0 atom stereocenters. The van der Waals surface area contributed by atoms with E-state index in [0.29, 0.717) is 22.5 Å². The summed E-state index contributed by atoms with van der Waals surface area (Å²) in [7, 11) is 0. The molecule has 2 heterocycles. The zero-order chi connectivity index (χ0) is 20.5. The van der Waals surface area contributed by atoms with Gasteiger partial charge in [0.15, 0.2) is 0 Å². The molecule has 4 rings (SSSR count). The van der Waals surface area contributed by atoms with Crippen LogP contribution in [0.2, 0.25) is 10.0 Å². The SMILES string of the molecule is S=C(NCc1nn(-c2ccc(Cl)cc2Cl)c(-c2ccc(Br)[se]2)c1Br)C1CCCC1. The van der Waals surface area contributed by atoms with Crippen LogP contribution in [0, 0.1) is 5.92 Å². The standard InChI is InChI=1S/C20H17Br2Cl2N3SSe/c21-17-8-7-16(29-17)19-18(22)14(10-25-20(28)11-3-1-2-4-11)26-27(19)15-6-5-12(23)9-13(15)24/h5-9,11H,1-4,10H2,(H,25,28). The first-order valence-electron chi connectivity index (χ1n) is 9.20. The number of hydrogen-bond acceptors (Lipinski definition) is 2. The maximum atomic E-state index is 6.51. The van der Waals surface area contributed by atoms with Gasteiger partial charge in [-0.1, -0.05) is 0 Å². The molecule has 1 fully saturated rings. The zero-order valence-electron chi connectivity index (χ0n) is 15.2. The van der Waals surface area contributed by atoms with Crippen LogP contribution in [0.5, 0.6) is 0 Å². The Balaban J connectivity index is 1.71. The molecule has 0 spiro atoms. The second kappa shape index (κ2) is 9.56. The van der Waals surface area contributed by atoms with E-state index >= 15 is 0 Å². The first-order chi connectivity index (χ1) is 13.9. The predicted octanol–water partition coefficient (Wildman–Crippen LogP) is 7.04. The van der Waals surface area contributed by atoms with Crippen molar-refractivity contribution in [1.82, 2.24) is 15.1 Å². The van der Waals surface area contributed by atoms with Gasteiger partial charge in [-0.05, 0) is 0 Å². The van der Waals surface area contributed by atoms with Crippen molar-refractivity contribution in [1.29, 1.82) is 0 Å². The van der Waals surface area contributed by atoms with E-state index < -0.39 is 0 Å². The van der Waals surface area contributed by atoms with Crippen molar-refractivity contribution in [2.75, 3.05) is 0 Å². The summed E-state index contributed by atoms with van der Waals surface area (Å²) in [4.78, 5) is 0.948. The van der Waals surface area contributed by atoms with Crippen LogP contribution >= 0.6 is 67.3 Å². The molecular weight excluding hydrogens is 624 g/mol. The number of thiocarbonyl (C=S) groups is 1. The average Bonchev–Trinajstić information content (AvgIpc) is 3.41. The van der Waals surface area contributed by atoms with Gasteiger partial charge in [0.2, 0.25) is 0 Å². The Labute approximate surface area is 208 Å². The van der Waals surface area contributed by atoms with Crippen molar-refractivity contribution in [3.63, 3.8) is 0 Å². The van der Waals surface area contributed by atoms with Gasteiger partial charge in [-0.3, -0.25) is 0 Å². The fourth-order valence-corrected chi connectivity index (χ4v) is 7.88. The fraction of sp³-hybridized carbons (Fsp3) is 0.300. The van der Waals surface area contributed by atoms with Crippen LogP contribution < -0.4 is 5.32 Å². The molecule has 3 nitrogen and oxygen atoms in total. The van der Waals surface area contributed by atoms with Crippen molar-refractivity contribution < 1.29 is 0 Å². The molecule has 152 valence electrons. The third kappa shape index (κ3) is 4.87. The molecule has 0 unspecified atom stereocenters. The van der Waals surface area contributed by atoms with E-state index in [4.69, 9.17) is 40.5 Å². The van der Waals surface area contributed by atoms with Crippen molar-refractivity contribution in [3.05, 3.63) is 53.9 Å². The van der Waals surface area contributed by atoms with Crippen molar-refractivity contribution in [2.24, 2.45) is 5.92 Å². The third-order valence-corrected chi connectivity index (χ3v) is 9.80. The monoisotopic (exact) mass is 639 g/mol. The Morgan fingerprint density at radius 2 is 1.97 bits per heavy atom. The summed E-state index contributed by atoms with van der Waals surface area (Å²) in [5, 5.41) is 9.49. The van der Waals surface area contributed by atoms with Gasteiger partial charge >= 0.3 is 210 Å².